The fourth-order valence-corrected chi connectivity index (χ4v) is 1.62. The van der Waals surface area contributed by atoms with Crippen LogP contribution in [0, 0.1) is 0 Å². The van der Waals surface area contributed by atoms with Gasteiger partial charge in [0.1, 0.15) is 0 Å². The fourth-order valence-electron chi connectivity index (χ4n) is 1.62. The molecule has 104 valence electrons. The van der Waals surface area contributed by atoms with E-state index in [2.05, 4.69) is 11.8 Å². The molecule has 0 saturated carbocycles. The van der Waals surface area contributed by atoms with Gasteiger partial charge in [0.05, 0.1) is 39.1 Å². The van der Waals surface area contributed by atoms with Crippen LogP contribution < -0.4 is 0 Å². The maximum atomic E-state index is 5.56. The third-order valence-electron chi connectivity index (χ3n) is 2.61. The van der Waals surface area contributed by atoms with Gasteiger partial charge in [0, 0.05) is 27.9 Å². The van der Waals surface area contributed by atoms with Crippen molar-refractivity contribution in [2.45, 2.75) is 13.0 Å². The Balaban J connectivity index is 3.97. The molecule has 0 aliphatic rings. The normalized spacial score (nSPS) is 13.2. The van der Waals surface area contributed by atoms with Gasteiger partial charge in [-0.15, -0.1) is 0 Å². The summed E-state index contributed by atoms with van der Waals surface area (Å²) in [5, 5.41) is 0. The molecule has 5 nitrogen and oxygen atoms in total. The van der Waals surface area contributed by atoms with Gasteiger partial charge >= 0.3 is 0 Å². The molecule has 17 heavy (non-hydrogen) atoms. The molecular formula is C12H27NO4. The molecule has 0 radical (unpaired) electrons. The third kappa shape index (κ3) is 8.51. The van der Waals surface area contributed by atoms with Gasteiger partial charge in [0.25, 0.3) is 0 Å². The van der Waals surface area contributed by atoms with Gasteiger partial charge < -0.3 is 18.9 Å². The molecule has 0 aliphatic carbocycles. The van der Waals surface area contributed by atoms with Crippen LogP contribution in [0.5, 0.6) is 0 Å². The molecule has 0 aromatic heterocycles. The van der Waals surface area contributed by atoms with E-state index < -0.39 is 0 Å². The number of methoxy groups -OCH3 is 3. The van der Waals surface area contributed by atoms with E-state index in [4.69, 9.17) is 18.9 Å². The fraction of sp³-hybridized carbons (Fsp3) is 1.00. The standard InChI is InChI=1S/C12H27NO4/c1-5-13(6-7-14-2)12(10-16-4)11-17-9-8-15-3/h12H,5-11H2,1-4H3. The van der Waals surface area contributed by atoms with E-state index in [1.807, 2.05) is 0 Å². The maximum Gasteiger partial charge on any atom is 0.0701 e. The van der Waals surface area contributed by atoms with Crippen LogP contribution in [-0.4, -0.2) is 78.4 Å². The van der Waals surface area contributed by atoms with Gasteiger partial charge in [-0.3, -0.25) is 4.90 Å². The SMILES string of the molecule is CCN(CCOC)C(COC)COCCOC. The minimum atomic E-state index is 0.275. The van der Waals surface area contributed by atoms with Crippen LogP contribution in [0.3, 0.4) is 0 Å². The Morgan fingerprint density at radius 2 is 1.59 bits per heavy atom. The first-order valence-electron chi connectivity index (χ1n) is 6.08. The molecule has 0 N–H and O–H groups in total. The molecular weight excluding hydrogens is 222 g/mol. The van der Waals surface area contributed by atoms with E-state index >= 15 is 0 Å². The van der Waals surface area contributed by atoms with Crippen molar-refractivity contribution < 1.29 is 18.9 Å². The highest BCUT2D eigenvalue weighted by Gasteiger charge is 2.16. The predicted molar refractivity (Wildman–Crippen MR) is 67.5 cm³/mol. The second-order valence-electron chi connectivity index (χ2n) is 3.80. The zero-order valence-corrected chi connectivity index (χ0v) is 11.6. The molecule has 0 aliphatic heterocycles. The molecule has 0 spiro atoms. The monoisotopic (exact) mass is 249 g/mol. The van der Waals surface area contributed by atoms with E-state index in [1.54, 1.807) is 21.3 Å². The largest absolute Gasteiger partial charge is 0.383 e. The number of hydrogen-bond donors (Lipinski definition) is 0. The van der Waals surface area contributed by atoms with Gasteiger partial charge in [-0.05, 0) is 6.54 Å². The van der Waals surface area contributed by atoms with Gasteiger partial charge in [0.15, 0.2) is 0 Å². The molecule has 0 fully saturated rings. The van der Waals surface area contributed by atoms with Crippen molar-refractivity contribution in [3.8, 4) is 0 Å². The van der Waals surface area contributed by atoms with Crippen molar-refractivity contribution in [2.75, 3.05) is 67.5 Å². The summed E-state index contributed by atoms with van der Waals surface area (Å²) in [5.74, 6) is 0. The second-order valence-corrected chi connectivity index (χ2v) is 3.80. The quantitative estimate of drug-likeness (QED) is 0.475. The van der Waals surface area contributed by atoms with Gasteiger partial charge in [-0.25, -0.2) is 0 Å². The van der Waals surface area contributed by atoms with Crippen LogP contribution >= 0.6 is 0 Å². The van der Waals surface area contributed by atoms with Crippen LogP contribution in [0.4, 0.5) is 0 Å². The zero-order valence-electron chi connectivity index (χ0n) is 11.6. The first-order valence-corrected chi connectivity index (χ1v) is 6.08. The van der Waals surface area contributed by atoms with Crippen LogP contribution in [-0.2, 0) is 18.9 Å². The lowest BCUT2D eigenvalue weighted by Crippen LogP contribution is -2.43. The van der Waals surface area contributed by atoms with Crippen molar-refractivity contribution in [1.82, 2.24) is 4.90 Å². The predicted octanol–water partition coefficient (Wildman–Crippen LogP) is 0.633. The number of ether oxygens (including phenoxy) is 4. The molecule has 0 amide bonds. The number of likely N-dealkylation sites (N-methyl/N-ethyl adjacent to an activating group) is 1. The van der Waals surface area contributed by atoms with E-state index in [0.717, 1.165) is 19.7 Å². The topological polar surface area (TPSA) is 40.2 Å². The summed E-state index contributed by atoms with van der Waals surface area (Å²) in [6.07, 6.45) is 0. The van der Waals surface area contributed by atoms with Gasteiger partial charge in [0.2, 0.25) is 0 Å². The van der Waals surface area contributed by atoms with E-state index in [-0.39, 0.29) is 6.04 Å². The number of rotatable bonds is 12. The summed E-state index contributed by atoms with van der Waals surface area (Å²) in [6, 6.07) is 0.275. The van der Waals surface area contributed by atoms with Crippen molar-refractivity contribution in [3.05, 3.63) is 0 Å². The van der Waals surface area contributed by atoms with Crippen molar-refractivity contribution >= 4 is 0 Å². The van der Waals surface area contributed by atoms with E-state index in [1.165, 1.54) is 0 Å². The first-order chi connectivity index (χ1) is 8.29. The molecule has 0 aromatic carbocycles. The third-order valence-corrected chi connectivity index (χ3v) is 2.61. The average molecular weight is 249 g/mol. The van der Waals surface area contributed by atoms with Crippen LogP contribution in [0.25, 0.3) is 0 Å². The molecule has 1 atom stereocenters. The Morgan fingerprint density at radius 3 is 2.12 bits per heavy atom. The summed E-state index contributed by atoms with van der Waals surface area (Å²) in [6.45, 7) is 7.31. The highest BCUT2D eigenvalue weighted by atomic mass is 16.5. The molecule has 0 aromatic rings. The Labute approximate surface area is 105 Å². The second kappa shape index (κ2) is 12.3. The zero-order chi connectivity index (χ0) is 12.9. The summed E-state index contributed by atoms with van der Waals surface area (Å²) in [4.78, 5) is 2.31. The molecule has 0 bridgehead atoms. The number of hydrogen-bond acceptors (Lipinski definition) is 5. The van der Waals surface area contributed by atoms with Crippen LogP contribution in [0.2, 0.25) is 0 Å². The molecule has 1 unspecified atom stereocenters. The Hall–Kier alpha value is -0.200. The van der Waals surface area contributed by atoms with Crippen LogP contribution in [0.15, 0.2) is 0 Å². The lowest BCUT2D eigenvalue weighted by Gasteiger charge is -2.29. The van der Waals surface area contributed by atoms with Gasteiger partial charge in [-0.2, -0.15) is 0 Å². The smallest absolute Gasteiger partial charge is 0.0701 e. The summed E-state index contributed by atoms with van der Waals surface area (Å²) >= 11 is 0. The summed E-state index contributed by atoms with van der Waals surface area (Å²) in [7, 11) is 5.10. The maximum absolute atomic E-state index is 5.56. The van der Waals surface area contributed by atoms with Crippen LogP contribution in [0.1, 0.15) is 6.92 Å². The van der Waals surface area contributed by atoms with Crippen molar-refractivity contribution in [2.24, 2.45) is 0 Å². The lowest BCUT2D eigenvalue weighted by molar-refractivity contribution is -0.00232. The minimum Gasteiger partial charge on any atom is -0.383 e. The van der Waals surface area contributed by atoms with Crippen molar-refractivity contribution in [3.63, 3.8) is 0 Å². The summed E-state index contributed by atoms with van der Waals surface area (Å²) in [5.41, 5.74) is 0. The lowest BCUT2D eigenvalue weighted by atomic mass is 10.2. The average Bonchev–Trinajstić information content (AvgIpc) is 2.35. The first kappa shape index (κ1) is 16.8. The van der Waals surface area contributed by atoms with Gasteiger partial charge in [-0.1, -0.05) is 6.92 Å². The Bertz CT molecular complexity index is 157. The van der Waals surface area contributed by atoms with Crippen molar-refractivity contribution in [1.29, 1.82) is 0 Å². The molecule has 0 heterocycles. The highest BCUT2D eigenvalue weighted by molar-refractivity contribution is 4.70. The molecule has 0 saturated heterocycles. The molecule has 0 rings (SSSR count). The number of nitrogens with zero attached hydrogens (tertiary/aromatic N) is 1. The Morgan fingerprint density at radius 1 is 0.882 bits per heavy atom. The minimum absolute atomic E-state index is 0.275. The Kier molecular flexibility index (Phi) is 12.1. The molecule has 5 heteroatoms. The van der Waals surface area contributed by atoms with E-state index in [9.17, 15) is 0 Å². The summed E-state index contributed by atoms with van der Waals surface area (Å²) < 4.78 is 20.8. The highest BCUT2D eigenvalue weighted by Crippen LogP contribution is 2.01. The van der Waals surface area contributed by atoms with E-state index in [0.29, 0.717) is 26.4 Å².